The second-order valence-electron chi connectivity index (χ2n) is 3.46. The van der Waals surface area contributed by atoms with Gasteiger partial charge in [-0.1, -0.05) is 25.4 Å². The van der Waals surface area contributed by atoms with Gasteiger partial charge < -0.3 is 5.11 Å². The van der Waals surface area contributed by atoms with E-state index in [4.69, 9.17) is 16.7 Å². The molecule has 1 aromatic rings. The van der Waals surface area contributed by atoms with Crippen LogP contribution in [0.25, 0.3) is 0 Å². The zero-order valence-corrected chi connectivity index (χ0v) is 8.87. The number of thiophene rings is 1. The summed E-state index contributed by atoms with van der Waals surface area (Å²) in [5.41, 5.74) is 0.0482. The van der Waals surface area contributed by atoms with Gasteiger partial charge in [-0.3, -0.25) is 0 Å². The lowest BCUT2D eigenvalue weighted by molar-refractivity contribution is 0.254. The normalized spacial score (nSPS) is 12.0. The molecule has 0 aliphatic carbocycles. The van der Waals surface area contributed by atoms with Crippen molar-refractivity contribution < 1.29 is 5.11 Å². The lowest BCUT2D eigenvalue weighted by Crippen LogP contribution is -2.16. The third kappa shape index (κ3) is 2.22. The molecule has 0 bridgehead atoms. The maximum absolute atomic E-state index is 8.84. The molecule has 0 spiro atoms. The first-order valence-corrected chi connectivity index (χ1v) is 5.12. The molecule has 0 saturated heterocycles. The van der Waals surface area contributed by atoms with E-state index in [1.807, 2.05) is 12.1 Å². The van der Waals surface area contributed by atoms with E-state index in [0.29, 0.717) is 0 Å². The third-order valence-electron chi connectivity index (χ3n) is 1.98. The van der Waals surface area contributed by atoms with Gasteiger partial charge in [0.25, 0.3) is 0 Å². The van der Waals surface area contributed by atoms with Gasteiger partial charge in [-0.2, -0.15) is 0 Å². The van der Waals surface area contributed by atoms with E-state index >= 15 is 0 Å². The zero-order chi connectivity index (χ0) is 9.19. The van der Waals surface area contributed by atoms with Crippen LogP contribution in [-0.4, -0.2) is 11.7 Å². The minimum atomic E-state index is 0.0482. The standard InChI is InChI=1S/C9H13ClOS/c1-9(2,5-6-11)7-3-4-8(10)12-7/h3-4,11H,5-6H2,1-2H3. The topological polar surface area (TPSA) is 20.2 Å². The summed E-state index contributed by atoms with van der Waals surface area (Å²) >= 11 is 7.41. The Kier molecular flexibility index (Phi) is 3.16. The molecule has 0 aliphatic rings. The van der Waals surface area contributed by atoms with Gasteiger partial charge in [0.2, 0.25) is 0 Å². The van der Waals surface area contributed by atoms with Crippen LogP contribution in [0.15, 0.2) is 12.1 Å². The fraction of sp³-hybridized carbons (Fsp3) is 0.556. The van der Waals surface area contributed by atoms with E-state index in [1.165, 1.54) is 4.88 Å². The lowest BCUT2D eigenvalue weighted by Gasteiger charge is -2.21. The van der Waals surface area contributed by atoms with Crippen molar-refractivity contribution >= 4 is 22.9 Å². The molecule has 0 unspecified atom stereocenters. The number of hydrogen-bond donors (Lipinski definition) is 1. The molecule has 0 aromatic carbocycles. The Balaban J connectivity index is 2.81. The van der Waals surface area contributed by atoms with Gasteiger partial charge in [-0.25, -0.2) is 0 Å². The van der Waals surface area contributed by atoms with Crippen LogP contribution in [0.1, 0.15) is 25.1 Å². The molecule has 0 amide bonds. The summed E-state index contributed by atoms with van der Waals surface area (Å²) in [7, 11) is 0. The molecule has 1 N–H and O–H groups in total. The summed E-state index contributed by atoms with van der Waals surface area (Å²) in [6.45, 7) is 4.46. The second kappa shape index (κ2) is 3.77. The van der Waals surface area contributed by atoms with E-state index < -0.39 is 0 Å². The van der Waals surface area contributed by atoms with Gasteiger partial charge in [0.05, 0.1) is 4.34 Å². The van der Waals surface area contributed by atoms with Crippen molar-refractivity contribution in [3.8, 4) is 0 Å². The number of rotatable bonds is 3. The maximum Gasteiger partial charge on any atom is 0.0931 e. The van der Waals surface area contributed by atoms with E-state index in [2.05, 4.69) is 13.8 Å². The largest absolute Gasteiger partial charge is 0.396 e. The average Bonchev–Trinajstić information content (AvgIpc) is 2.36. The average molecular weight is 205 g/mol. The first kappa shape index (κ1) is 10.0. The quantitative estimate of drug-likeness (QED) is 0.803. The van der Waals surface area contributed by atoms with Crippen molar-refractivity contribution in [1.82, 2.24) is 0 Å². The number of halogens is 1. The van der Waals surface area contributed by atoms with Gasteiger partial charge in [0.1, 0.15) is 0 Å². The maximum atomic E-state index is 8.84. The smallest absolute Gasteiger partial charge is 0.0931 e. The minimum Gasteiger partial charge on any atom is -0.396 e. The highest BCUT2D eigenvalue weighted by Gasteiger charge is 2.21. The molecule has 0 aliphatic heterocycles. The summed E-state index contributed by atoms with van der Waals surface area (Å²) in [4.78, 5) is 1.24. The van der Waals surface area contributed by atoms with Crippen molar-refractivity contribution in [3.05, 3.63) is 21.3 Å². The van der Waals surface area contributed by atoms with E-state index in [1.54, 1.807) is 11.3 Å². The first-order chi connectivity index (χ1) is 5.56. The van der Waals surface area contributed by atoms with Gasteiger partial charge >= 0.3 is 0 Å². The molecular weight excluding hydrogens is 192 g/mol. The van der Waals surface area contributed by atoms with E-state index in [9.17, 15) is 0 Å². The van der Waals surface area contributed by atoms with Crippen molar-refractivity contribution in [2.75, 3.05) is 6.61 Å². The molecule has 0 fully saturated rings. The van der Waals surface area contributed by atoms with Crippen LogP contribution in [0.2, 0.25) is 4.34 Å². The SMILES string of the molecule is CC(C)(CCO)c1ccc(Cl)s1. The van der Waals surface area contributed by atoms with Gasteiger partial charge in [0.15, 0.2) is 0 Å². The molecule has 1 aromatic heterocycles. The fourth-order valence-electron chi connectivity index (χ4n) is 1.08. The Morgan fingerprint density at radius 1 is 1.50 bits per heavy atom. The number of aliphatic hydroxyl groups is 1. The Morgan fingerprint density at radius 2 is 2.17 bits per heavy atom. The summed E-state index contributed by atoms with van der Waals surface area (Å²) in [5, 5.41) is 8.84. The van der Waals surface area contributed by atoms with Crippen LogP contribution in [-0.2, 0) is 5.41 Å². The zero-order valence-electron chi connectivity index (χ0n) is 7.30. The van der Waals surface area contributed by atoms with E-state index in [-0.39, 0.29) is 12.0 Å². The van der Waals surface area contributed by atoms with Crippen LogP contribution < -0.4 is 0 Å². The lowest BCUT2D eigenvalue weighted by atomic mass is 9.88. The molecular formula is C9H13ClOS. The summed E-state index contributed by atoms with van der Waals surface area (Å²) in [6, 6.07) is 3.93. The van der Waals surface area contributed by atoms with E-state index in [0.717, 1.165) is 10.8 Å². The van der Waals surface area contributed by atoms with Crippen LogP contribution >= 0.6 is 22.9 Å². The third-order valence-corrected chi connectivity index (χ3v) is 3.57. The molecule has 0 atom stereocenters. The van der Waals surface area contributed by atoms with Crippen LogP contribution in [0.3, 0.4) is 0 Å². The highest BCUT2D eigenvalue weighted by atomic mass is 35.5. The second-order valence-corrected chi connectivity index (χ2v) is 5.18. The van der Waals surface area contributed by atoms with Crippen LogP contribution in [0.4, 0.5) is 0 Å². The van der Waals surface area contributed by atoms with Crippen molar-refractivity contribution in [3.63, 3.8) is 0 Å². The molecule has 12 heavy (non-hydrogen) atoms. The van der Waals surface area contributed by atoms with Crippen LogP contribution in [0.5, 0.6) is 0 Å². The Morgan fingerprint density at radius 3 is 2.58 bits per heavy atom. The summed E-state index contributed by atoms with van der Waals surface area (Å²) < 4.78 is 0.816. The Labute approximate surface area is 82.0 Å². The molecule has 0 saturated carbocycles. The highest BCUT2D eigenvalue weighted by Crippen LogP contribution is 2.34. The minimum absolute atomic E-state index is 0.0482. The van der Waals surface area contributed by atoms with Crippen molar-refractivity contribution in [1.29, 1.82) is 0 Å². The molecule has 3 heteroatoms. The molecule has 0 radical (unpaired) electrons. The Bertz CT molecular complexity index is 255. The fourth-order valence-corrected chi connectivity index (χ4v) is 2.25. The predicted molar refractivity (Wildman–Crippen MR) is 54.1 cm³/mol. The summed E-state index contributed by atoms with van der Waals surface area (Å²) in [5.74, 6) is 0. The number of aliphatic hydroxyl groups excluding tert-OH is 1. The highest BCUT2D eigenvalue weighted by molar-refractivity contribution is 7.16. The molecule has 1 nitrogen and oxygen atoms in total. The van der Waals surface area contributed by atoms with Gasteiger partial charge in [-0.15, -0.1) is 11.3 Å². The van der Waals surface area contributed by atoms with Crippen LogP contribution in [0, 0.1) is 0 Å². The van der Waals surface area contributed by atoms with Gasteiger partial charge in [0, 0.05) is 16.9 Å². The van der Waals surface area contributed by atoms with Crippen molar-refractivity contribution in [2.45, 2.75) is 25.7 Å². The first-order valence-electron chi connectivity index (χ1n) is 3.93. The predicted octanol–water partition coefficient (Wildman–Crippen LogP) is 3.06. The summed E-state index contributed by atoms with van der Waals surface area (Å²) in [6.07, 6.45) is 0.782. The molecule has 1 rings (SSSR count). The number of hydrogen-bond acceptors (Lipinski definition) is 2. The molecule has 68 valence electrons. The van der Waals surface area contributed by atoms with Gasteiger partial charge in [-0.05, 0) is 18.6 Å². The molecule has 1 heterocycles. The van der Waals surface area contributed by atoms with Crippen molar-refractivity contribution in [2.24, 2.45) is 0 Å². The Hall–Kier alpha value is -0.0500. The monoisotopic (exact) mass is 204 g/mol.